The quantitative estimate of drug-likeness (QED) is 0.811. The van der Waals surface area contributed by atoms with Gasteiger partial charge in [-0.25, -0.2) is 0 Å². The van der Waals surface area contributed by atoms with Crippen LogP contribution in [0.3, 0.4) is 0 Å². The predicted molar refractivity (Wildman–Crippen MR) is 85.3 cm³/mol. The molecule has 0 aliphatic carbocycles. The Hall–Kier alpha value is -1.35. The first-order valence-electron chi connectivity index (χ1n) is 7.73. The van der Waals surface area contributed by atoms with Crippen LogP contribution < -0.4 is 0 Å². The summed E-state index contributed by atoms with van der Waals surface area (Å²) in [5.41, 5.74) is 2.82. The second-order valence-corrected chi connectivity index (χ2v) is 6.01. The third-order valence-corrected chi connectivity index (χ3v) is 4.01. The van der Waals surface area contributed by atoms with Gasteiger partial charge in [0.05, 0.1) is 12.5 Å². The van der Waals surface area contributed by atoms with E-state index >= 15 is 0 Å². The maximum atomic E-state index is 12.3. The first-order chi connectivity index (χ1) is 9.75. The molecule has 1 aromatic rings. The van der Waals surface area contributed by atoms with Crippen molar-refractivity contribution in [2.75, 3.05) is 6.61 Å². The van der Waals surface area contributed by atoms with E-state index in [9.17, 15) is 9.90 Å². The van der Waals surface area contributed by atoms with Crippen LogP contribution in [0.2, 0.25) is 0 Å². The highest BCUT2D eigenvalue weighted by Crippen LogP contribution is 2.37. The molecule has 0 radical (unpaired) electrons. The zero-order chi connectivity index (χ0) is 16.2. The van der Waals surface area contributed by atoms with Gasteiger partial charge in [-0.3, -0.25) is 4.79 Å². The van der Waals surface area contributed by atoms with Crippen LogP contribution >= 0.6 is 0 Å². The lowest BCUT2D eigenvalue weighted by molar-refractivity contribution is -0.158. The summed E-state index contributed by atoms with van der Waals surface area (Å²) in [6.45, 7) is 11.9. The van der Waals surface area contributed by atoms with Crippen LogP contribution in [0.1, 0.15) is 55.9 Å². The molecule has 0 fully saturated rings. The average molecular weight is 292 g/mol. The van der Waals surface area contributed by atoms with E-state index in [1.165, 1.54) is 0 Å². The van der Waals surface area contributed by atoms with E-state index in [2.05, 4.69) is 0 Å². The van der Waals surface area contributed by atoms with Gasteiger partial charge < -0.3 is 9.84 Å². The molecular formula is C18H28O3. The minimum atomic E-state index is -1.22. The van der Waals surface area contributed by atoms with Crippen molar-refractivity contribution in [3.8, 4) is 0 Å². The molecule has 3 nitrogen and oxygen atoms in total. The Kier molecular flexibility index (Phi) is 5.97. The summed E-state index contributed by atoms with van der Waals surface area (Å²) in [6.07, 6.45) is 1.43. The van der Waals surface area contributed by atoms with Crippen LogP contribution in [-0.2, 0) is 15.1 Å². The molecule has 1 aromatic carbocycles. The fourth-order valence-electron chi connectivity index (χ4n) is 3.31. The highest BCUT2D eigenvalue weighted by atomic mass is 16.5. The van der Waals surface area contributed by atoms with Crippen LogP contribution in [0.25, 0.3) is 0 Å². The fraction of sp³-hybridized carbons (Fsp3) is 0.611. The SMILES string of the molecule is CCCC(C(=O)OCC)C(C)(O)c1c(C)cc(C)cc1C. The number of hydrogen-bond acceptors (Lipinski definition) is 3. The number of ether oxygens (including phenoxy) is 1. The number of esters is 1. The second kappa shape index (κ2) is 7.08. The molecule has 0 amide bonds. The molecule has 2 atom stereocenters. The van der Waals surface area contributed by atoms with Gasteiger partial charge in [-0.1, -0.05) is 31.0 Å². The zero-order valence-electron chi connectivity index (χ0n) is 14.1. The van der Waals surface area contributed by atoms with Crippen LogP contribution in [0.15, 0.2) is 12.1 Å². The normalized spacial score (nSPS) is 15.4. The maximum absolute atomic E-state index is 12.3. The van der Waals surface area contributed by atoms with E-state index in [0.717, 1.165) is 28.7 Å². The number of carbonyl (C=O) groups is 1. The fourth-order valence-corrected chi connectivity index (χ4v) is 3.31. The summed E-state index contributed by atoms with van der Waals surface area (Å²) in [4.78, 5) is 12.3. The Morgan fingerprint density at radius 2 is 1.76 bits per heavy atom. The highest BCUT2D eigenvalue weighted by Gasteiger charge is 2.41. The third kappa shape index (κ3) is 3.85. The van der Waals surface area contributed by atoms with Gasteiger partial charge in [0, 0.05) is 0 Å². The minimum Gasteiger partial charge on any atom is -0.466 e. The minimum absolute atomic E-state index is 0.316. The smallest absolute Gasteiger partial charge is 0.312 e. The van der Waals surface area contributed by atoms with Gasteiger partial charge in [0.1, 0.15) is 5.60 Å². The first kappa shape index (κ1) is 17.7. The van der Waals surface area contributed by atoms with Crippen molar-refractivity contribution in [3.05, 3.63) is 34.4 Å². The summed E-state index contributed by atoms with van der Waals surface area (Å²) in [7, 11) is 0. The van der Waals surface area contributed by atoms with Crippen LogP contribution in [0, 0.1) is 26.7 Å². The van der Waals surface area contributed by atoms with Crippen molar-refractivity contribution in [3.63, 3.8) is 0 Å². The summed E-state index contributed by atoms with van der Waals surface area (Å²) in [6, 6.07) is 4.09. The van der Waals surface area contributed by atoms with Gasteiger partial charge in [0.25, 0.3) is 0 Å². The molecule has 21 heavy (non-hydrogen) atoms. The Bertz CT molecular complexity index is 480. The zero-order valence-corrected chi connectivity index (χ0v) is 14.1. The average Bonchev–Trinajstić information content (AvgIpc) is 2.34. The van der Waals surface area contributed by atoms with Gasteiger partial charge in [0.2, 0.25) is 0 Å². The lowest BCUT2D eigenvalue weighted by Crippen LogP contribution is -2.39. The van der Waals surface area contributed by atoms with E-state index in [4.69, 9.17) is 4.74 Å². The first-order valence-corrected chi connectivity index (χ1v) is 7.73. The Morgan fingerprint density at radius 3 is 2.19 bits per heavy atom. The molecule has 0 saturated carbocycles. The summed E-state index contributed by atoms with van der Waals surface area (Å²) in [5, 5.41) is 11.1. The van der Waals surface area contributed by atoms with Gasteiger partial charge in [0.15, 0.2) is 0 Å². The molecule has 0 aliphatic rings. The van der Waals surface area contributed by atoms with Gasteiger partial charge in [-0.2, -0.15) is 0 Å². The summed E-state index contributed by atoms with van der Waals surface area (Å²) < 4.78 is 5.17. The number of carbonyl (C=O) groups excluding carboxylic acids is 1. The van der Waals surface area contributed by atoms with E-state index < -0.39 is 11.5 Å². The molecule has 3 heteroatoms. The van der Waals surface area contributed by atoms with Crippen molar-refractivity contribution in [1.29, 1.82) is 0 Å². The van der Waals surface area contributed by atoms with Gasteiger partial charge in [-0.15, -0.1) is 0 Å². The van der Waals surface area contributed by atoms with Crippen molar-refractivity contribution >= 4 is 5.97 Å². The summed E-state index contributed by atoms with van der Waals surface area (Å²) >= 11 is 0. The highest BCUT2D eigenvalue weighted by molar-refractivity contribution is 5.74. The molecule has 0 heterocycles. The number of aryl methyl sites for hydroxylation is 3. The molecule has 0 spiro atoms. The Balaban J connectivity index is 3.31. The van der Waals surface area contributed by atoms with Crippen LogP contribution in [-0.4, -0.2) is 17.7 Å². The van der Waals surface area contributed by atoms with Crippen LogP contribution in [0.4, 0.5) is 0 Å². The van der Waals surface area contributed by atoms with E-state index in [1.54, 1.807) is 13.8 Å². The second-order valence-electron chi connectivity index (χ2n) is 6.01. The Morgan fingerprint density at radius 1 is 1.24 bits per heavy atom. The van der Waals surface area contributed by atoms with Crippen molar-refractivity contribution in [1.82, 2.24) is 0 Å². The van der Waals surface area contributed by atoms with Crippen molar-refractivity contribution in [2.45, 2.75) is 60.0 Å². The van der Waals surface area contributed by atoms with Gasteiger partial charge in [-0.05, 0) is 57.7 Å². The van der Waals surface area contributed by atoms with Crippen molar-refractivity contribution < 1.29 is 14.6 Å². The molecule has 0 bridgehead atoms. The molecular weight excluding hydrogens is 264 g/mol. The van der Waals surface area contributed by atoms with E-state index in [0.29, 0.717) is 13.0 Å². The molecule has 1 N–H and O–H groups in total. The molecule has 0 aromatic heterocycles. The summed E-state index contributed by atoms with van der Waals surface area (Å²) in [5.74, 6) is -0.855. The molecule has 1 rings (SSSR count). The molecule has 0 saturated heterocycles. The molecule has 0 aliphatic heterocycles. The van der Waals surface area contributed by atoms with Crippen LogP contribution in [0.5, 0.6) is 0 Å². The topological polar surface area (TPSA) is 46.5 Å². The Labute approximate surface area is 128 Å². The third-order valence-electron chi connectivity index (χ3n) is 4.01. The molecule has 118 valence electrons. The maximum Gasteiger partial charge on any atom is 0.312 e. The predicted octanol–water partition coefficient (Wildman–Crippen LogP) is 3.80. The largest absolute Gasteiger partial charge is 0.466 e. The lowest BCUT2D eigenvalue weighted by atomic mass is 9.76. The van der Waals surface area contributed by atoms with Crippen molar-refractivity contribution in [2.24, 2.45) is 5.92 Å². The standard InChI is InChI=1S/C18H28O3/c1-7-9-15(17(19)21-8-2)18(6,20)16-13(4)10-12(3)11-14(16)5/h10-11,15,20H,7-9H2,1-6H3. The molecule has 2 unspecified atom stereocenters. The number of rotatable bonds is 6. The monoisotopic (exact) mass is 292 g/mol. The lowest BCUT2D eigenvalue weighted by Gasteiger charge is -2.34. The number of hydrogen-bond donors (Lipinski definition) is 1. The van der Waals surface area contributed by atoms with E-state index in [1.807, 2.05) is 39.8 Å². The van der Waals surface area contributed by atoms with Gasteiger partial charge >= 0.3 is 5.97 Å². The number of benzene rings is 1. The number of aliphatic hydroxyl groups is 1. The van der Waals surface area contributed by atoms with E-state index in [-0.39, 0.29) is 5.97 Å².